The fourth-order valence-electron chi connectivity index (χ4n) is 2.30. The molecule has 0 unspecified atom stereocenters. The van der Waals surface area contributed by atoms with Gasteiger partial charge in [0.2, 0.25) is 0 Å². The Morgan fingerprint density at radius 1 is 1.35 bits per heavy atom. The van der Waals surface area contributed by atoms with Gasteiger partial charge in [-0.3, -0.25) is 4.68 Å². The van der Waals surface area contributed by atoms with Crippen LogP contribution in [0.15, 0.2) is 30.3 Å². The summed E-state index contributed by atoms with van der Waals surface area (Å²) in [5.74, 6) is 0.906. The Kier molecular flexibility index (Phi) is 4.74. The average Bonchev–Trinajstić information content (AvgIpc) is 2.70. The van der Waals surface area contributed by atoms with Crippen LogP contribution in [0.1, 0.15) is 23.2 Å². The van der Waals surface area contributed by atoms with Gasteiger partial charge in [-0.15, -0.1) is 0 Å². The maximum atomic E-state index is 5.76. The van der Waals surface area contributed by atoms with E-state index in [-0.39, 0.29) is 0 Å². The number of nitrogens with one attached hydrogen (secondary N) is 1. The first-order chi connectivity index (χ1) is 9.59. The van der Waals surface area contributed by atoms with Crippen molar-refractivity contribution in [3.63, 3.8) is 0 Å². The van der Waals surface area contributed by atoms with Gasteiger partial charge in [0.05, 0.1) is 11.3 Å². The maximum absolute atomic E-state index is 5.76. The minimum absolute atomic E-state index is 0.390. The minimum atomic E-state index is 0.390. The normalized spacial score (nSPS) is 10.5. The third-order valence-electron chi connectivity index (χ3n) is 3.25. The molecule has 1 aromatic heterocycles. The third-order valence-corrected chi connectivity index (χ3v) is 3.45. The molecule has 0 aliphatic heterocycles. The quantitative estimate of drug-likeness (QED) is 0.633. The average molecular weight is 288 g/mol. The van der Waals surface area contributed by atoms with Crippen molar-refractivity contribution in [2.24, 2.45) is 12.8 Å². The van der Waals surface area contributed by atoms with E-state index in [1.54, 1.807) is 4.68 Å². The molecule has 0 amide bonds. The van der Waals surface area contributed by atoms with Crippen LogP contribution in [0.2, 0.25) is 0 Å². The zero-order valence-electron chi connectivity index (χ0n) is 11.9. The lowest BCUT2D eigenvalue weighted by atomic mass is 10.1. The van der Waals surface area contributed by atoms with Gasteiger partial charge in [0.25, 0.3) is 0 Å². The van der Waals surface area contributed by atoms with Crippen molar-refractivity contribution in [1.29, 1.82) is 0 Å². The van der Waals surface area contributed by atoms with Crippen LogP contribution in [-0.4, -0.2) is 21.3 Å². The summed E-state index contributed by atoms with van der Waals surface area (Å²) in [7, 11) is 1.90. The molecule has 5 heteroatoms. The summed E-state index contributed by atoms with van der Waals surface area (Å²) in [5, 5.41) is 7.74. The van der Waals surface area contributed by atoms with Gasteiger partial charge in [0, 0.05) is 13.6 Å². The first-order valence-corrected chi connectivity index (χ1v) is 7.11. The van der Waals surface area contributed by atoms with Gasteiger partial charge in [-0.25, -0.2) is 0 Å². The summed E-state index contributed by atoms with van der Waals surface area (Å²) in [6.45, 7) is 2.78. The molecule has 0 saturated heterocycles. The van der Waals surface area contributed by atoms with Crippen molar-refractivity contribution in [1.82, 2.24) is 9.78 Å². The molecule has 0 radical (unpaired) electrons. The van der Waals surface area contributed by atoms with Gasteiger partial charge in [-0.2, -0.15) is 5.10 Å². The zero-order chi connectivity index (χ0) is 14.5. The minimum Gasteiger partial charge on any atom is -0.389 e. The van der Waals surface area contributed by atoms with Crippen LogP contribution in [-0.2, 0) is 13.5 Å². The second kappa shape index (κ2) is 6.52. The predicted octanol–water partition coefficient (Wildman–Crippen LogP) is 2.41. The molecule has 0 aliphatic carbocycles. The Bertz CT molecular complexity index is 589. The van der Waals surface area contributed by atoms with Crippen molar-refractivity contribution >= 4 is 23.0 Å². The smallest absolute Gasteiger partial charge is 0.134 e. The fourth-order valence-corrected chi connectivity index (χ4v) is 2.54. The lowest BCUT2D eigenvalue weighted by molar-refractivity contribution is 0.751. The van der Waals surface area contributed by atoms with Gasteiger partial charge in [-0.1, -0.05) is 42.5 Å². The van der Waals surface area contributed by atoms with E-state index in [4.69, 9.17) is 18.0 Å². The van der Waals surface area contributed by atoms with Crippen molar-refractivity contribution in [2.75, 3.05) is 11.9 Å². The summed E-state index contributed by atoms with van der Waals surface area (Å²) < 4.78 is 1.80. The van der Waals surface area contributed by atoms with Gasteiger partial charge in [0.15, 0.2) is 0 Å². The Morgan fingerprint density at radius 3 is 2.70 bits per heavy atom. The fraction of sp³-hybridized carbons (Fsp3) is 0.333. The highest BCUT2D eigenvalue weighted by molar-refractivity contribution is 7.80. The highest BCUT2D eigenvalue weighted by Crippen LogP contribution is 2.18. The summed E-state index contributed by atoms with van der Waals surface area (Å²) >= 11 is 5.09. The molecule has 0 saturated carbocycles. The number of rotatable bonds is 6. The Labute approximate surface area is 125 Å². The summed E-state index contributed by atoms with van der Waals surface area (Å²) in [5.41, 5.74) is 8.83. The molecule has 3 N–H and O–H groups in total. The first kappa shape index (κ1) is 14.5. The maximum Gasteiger partial charge on any atom is 0.134 e. The number of benzene rings is 1. The Balaban J connectivity index is 1.93. The van der Waals surface area contributed by atoms with Crippen LogP contribution in [0.5, 0.6) is 0 Å². The molecule has 2 rings (SSSR count). The van der Waals surface area contributed by atoms with Crippen LogP contribution >= 0.6 is 12.2 Å². The van der Waals surface area contributed by atoms with Crippen molar-refractivity contribution in [2.45, 2.75) is 19.8 Å². The lowest BCUT2D eigenvalue weighted by Crippen LogP contribution is -2.15. The van der Waals surface area contributed by atoms with Crippen molar-refractivity contribution < 1.29 is 0 Å². The SMILES string of the molecule is Cc1nn(C)c(NCCCc2ccccc2)c1C(N)=S. The molecule has 0 spiro atoms. The number of anilines is 1. The number of aromatic nitrogens is 2. The molecule has 20 heavy (non-hydrogen) atoms. The molecule has 1 aromatic carbocycles. The number of hydrogen-bond acceptors (Lipinski definition) is 3. The molecular formula is C15H20N4S. The first-order valence-electron chi connectivity index (χ1n) is 6.71. The summed E-state index contributed by atoms with van der Waals surface area (Å²) in [6.07, 6.45) is 2.10. The van der Waals surface area contributed by atoms with E-state index in [0.29, 0.717) is 4.99 Å². The van der Waals surface area contributed by atoms with E-state index in [0.717, 1.165) is 36.5 Å². The van der Waals surface area contributed by atoms with E-state index >= 15 is 0 Å². The van der Waals surface area contributed by atoms with Crippen LogP contribution in [0.4, 0.5) is 5.82 Å². The second-order valence-electron chi connectivity index (χ2n) is 4.81. The van der Waals surface area contributed by atoms with Crippen LogP contribution in [0.3, 0.4) is 0 Å². The number of hydrogen-bond donors (Lipinski definition) is 2. The molecule has 0 atom stereocenters. The summed E-state index contributed by atoms with van der Waals surface area (Å²) in [6, 6.07) is 10.5. The van der Waals surface area contributed by atoms with Gasteiger partial charge in [-0.05, 0) is 25.3 Å². The molecule has 0 fully saturated rings. The standard InChI is InChI=1S/C15H20N4S/c1-11-13(14(16)20)15(19(2)18-11)17-10-6-9-12-7-4-3-5-8-12/h3-5,7-8,17H,6,9-10H2,1-2H3,(H2,16,20). The number of nitrogens with two attached hydrogens (primary N) is 1. The van der Waals surface area contributed by atoms with Gasteiger partial charge >= 0.3 is 0 Å². The van der Waals surface area contributed by atoms with Crippen LogP contribution < -0.4 is 11.1 Å². The van der Waals surface area contributed by atoms with E-state index in [2.05, 4.69) is 34.7 Å². The van der Waals surface area contributed by atoms with E-state index in [1.165, 1.54) is 5.56 Å². The highest BCUT2D eigenvalue weighted by atomic mass is 32.1. The molecule has 2 aromatic rings. The molecule has 0 aliphatic rings. The van der Waals surface area contributed by atoms with Crippen molar-refractivity contribution in [3.05, 3.63) is 47.2 Å². The van der Waals surface area contributed by atoms with Gasteiger partial charge in [0.1, 0.15) is 10.8 Å². The number of thiocarbonyl (C=S) groups is 1. The predicted molar refractivity (Wildman–Crippen MR) is 87.1 cm³/mol. The largest absolute Gasteiger partial charge is 0.389 e. The summed E-state index contributed by atoms with van der Waals surface area (Å²) in [4.78, 5) is 0.390. The molecule has 1 heterocycles. The lowest BCUT2D eigenvalue weighted by Gasteiger charge is -2.09. The molecular weight excluding hydrogens is 268 g/mol. The number of aryl methyl sites for hydroxylation is 3. The third kappa shape index (κ3) is 3.36. The van der Waals surface area contributed by atoms with E-state index in [1.807, 2.05) is 20.0 Å². The Morgan fingerprint density at radius 2 is 2.05 bits per heavy atom. The van der Waals surface area contributed by atoms with E-state index < -0.39 is 0 Å². The van der Waals surface area contributed by atoms with Crippen molar-refractivity contribution in [3.8, 4) is 0 Å². The van der Waals surface area contributed by atoms with Crippen LogP contribution in [0.25, 0.3) is 0 Å². The van der Waals surface area contributed by atoms with Crippen LogP contribution in [0, 0.1) is 6.92 Å². The second-order valence-corrected chi connectivity index (χ2v) is 5.25. The molecule has 4 nitrogen and oxygen atoms in total. The van der Waals surface area contributed by atoms with Gasteiger partial charge < -0.3 is 11.1 Å². The molecule has 0 bridgehead atoms. The molecule has 106 valence electrons. The number of nitrogens with zero attached hydrogens (tertiary/aromatic N) is 2. The monoisotopic (exact) mass is 288 g/mol. The zero-order valence-corrected chi connectivity index (χ0v) is 12.7. The van der Waals surface area contributed by atoms with E-state index in [9.17, 15) is 0 Å². The Hall–Kier alpha value is -1.88. The topological polar surface area (TPSA) is 55.9 Å². The highest BCUT2D eigenvalue weighted by Gasteiger charge is 2.14.